The second kappa shape index (κ2) is 9.20. The van der Waals surface area contributed by atoms with Gasteiger partial charge in [-0.3, -0.25) is 9.67 Å². The molecule has 5 nitrogen and oxygen atoms in total. The molecule has 0 bridgehead atoms. The lowest BCUT2D eigenvalue weighted by Gasteiger charge is -2.28. The Bertz CT molecular complexity index is 382. The predicted octanol–water partition coefficient (Wildman–Crippen LogP) is 2.24. The number of nitrogens with zero attached hydrogens (tertiary/aromatic N) is 3. The third-order valence-corrected chi connectivity index (χ3v) is 3.77. The molecule has 6 heteroatoms. The molecule has 2 rings (SSSR count). The van der Waals surface area contributed by atoms with Crippen LogP contribution in [0.2, 0.25) is 0 Å². The molecule has 0 unspecified atom stereocenters. The summed E-state index contributed by atoms with van der Waals surface area (Å²) in [5, 5.41) is 11.0. The molecule has 0 aromatic carbocycles. The van der Waals surface area contributed by atoms with Gasteiger partial charge in [0.05, 0.1) is 6.54 Å². The van der Waals surface area contributed by atoms with Crippen LogP contribution >= 0.6 is 24.0 Å². The Labute approximate surface area is 138 Å². The summed E-state index contributed by atoms with van der Waals surface area (Å²) in [6, 6.07) is 2.52. The van der Waals surface area contributed by atoms with E-state index in [0.29, 0.717) is 6.04 Å². The van der Waals surface area contributed by atoms with Crippen molar-refractivity contribution in [1.82, 2.24) is 20.4 Å². The number of hydrogen-bond donors (Lipinski definition) is 2. The maximum Gasteiger partial charge on any atom is 0.191 e. The average Bonchev–Trinajstić information content (AvgIpc) is 2.93. The number of halogens is 1. The number of aliphatic imine (C=N–C) groups is 1. The van der Waals surface area contributed by atoms with E-state index in [0.717, 1.165) is 25.0 Å². The van der Waals surface area contributed by atoms with Crippen LogP contribution in [-0.2, 0) is 6.54 Å². The van der Waals surface area contributed by atoms with Gasteiger partial charge in [0.2, 0.25) is 0 Å². The monoisotopic (exact) mass is 391 g/mol. The van der Waals surface area contributed by atoms with E-state index in [1.165, 1.54) is 25.7 Å². The topological polar surface area (TPSA) is 54.2 Å². The Morgan fingerprint density at radius 2 is 2.10 bits per heavy atom. The minimum Gasteiger partial charge on any atom is -0.355 e. The fraction of sp³-hybridized carbons (Fsp3) is 0.714. The SMILES string of the molecule is CN=C(NCCn1cccn1)NC1CCC(C)CC1.I. The lowest BCUT2D eigenvalue weighted by Crippen LogP contribution is -2.45. The molecule has 0 saturated heterocycles. The van der Waals surface area contributed by atoms with Gasteiger partial charge in [-0.05, 0) is 37.7 Å². The van der Waals surface area contributed by atoms with E-state index in [-0.39, 0.29) is 24.0 Å². The third kappa shape index (κ3) is 5.68. The summed E-state index contributed by atoms with van der Waals surface area (Å²) in [6.07, 6.45) is 8.92. The summed E-state index contributed by atoms with van der Waals surface area (Å²) in [6.45, 7) is 4.03. The molecule has 1 aromatic heterocycles. The largest absolute Gasteiger partial charge is 0.355 e. The van der Waals surface area contributed by atoms with Crippen LogP contribution in [0.15, 0.2) is 23.5 Å². The molecule has 1 aliphatic carbocycles. The maximum absolute atomic E-state index is 4.28. The Kier molecular flexibility index (Phi) is 7.94. The van der Waals surface area contributed by atoms with Gasteiger partial charge in [-0.1, -0.05) is 6.92 Å². The number of hydrogen-bond acceptors (Lipinski definition) is 2. The zero-order chi connectivity index (χ0) is 13.5. The second-order valence-corrected chi connectivity index (χ2v) is 5.37. The van der Waals surface area contributed by atoms with E-state index in [1.807, 2.05) is 24.0 Å². The molecule has 1 heterocycles. The predicted molar refractivity (Wildman–Crippen MR) is 93.6 cm³/mol. The standard InChI is InChI=1S/C14H25N5.HI/c1-12-4-6-13(7-5-12)18-14(15-2)16-9-11-19-10-3-8-17-19;/h3,8,10,12-13H,4-7,9,11H2,1-2H3,(H2,15,16,18);1H. The summed E-state index contributed by atoms with van der Waals surface area (Å²) in [5.41, 5.74) is 0. The smallest absolute Gasteiger partial charge is 0.191 e. The first-order chi connectivity index (χ1) is 9.28. The number of guanidine groups is 1. The lowest BCUT2D eigenvalue weighted by molar-refractivity contribution is 0.329. The molecule has 1 aliphatic rings. The van der Waals surface area contributed by atoms with Crippen molar-refractivity contribution in [3.63, 3.8) is 0 Å². The van der Waals surface area contributed by atoms with E-state index in [1.54, 1.807) is 6.20 Å². The molecule has 0 radical (unpaired) electrons. The molecule has 0 amide bonds. The van der Waals surface area contributed by atoms with Crippen molar-refractivity contribution in [3.8, 4) is 0 Å². The first-order valence-electron chi connectivity index (χ1n) is 7.22. The fourth-order valence-corrected chi connectivity index (χ4v) is 2.51. The lowest BCUT2D eigenvalue weighted by atomic mass is 9.87. The molecule has 1 saturated carbocycles. The summed E-state index contributed by atoms with van der Waals surface area (Å²) >= 11 is 0. The minimum absolute atomic E-state index is 0. The van der Waals surface area contributed by atoms with Crippen LogP contribution in [0.4, 0.5) is 0 Å². The second-order valence-electron chi connectivity index (χ2n) is 5.37. The number of aromatic nitrogens is 2. The van der Waals surface area contributed by atoms with Crippen molar-refractivity contribution >= 4 is 29.9 Å². The molecule has 114 valence electrons. The van der Waals surface area contributed by atoms with Gasteiger partial charge >= 0.3 is 0 Å². The first kappa shape index (κ1) is 17.3. The van der Waals surface area contributed by atoms with Crippen molar-refractivity contribution in [3.05, 3.63) is 18.5 Å². The highest BCUT2D eigenvalue weighted by molar-refractivity contribution is 14.0. The summed E-state index contributed by atoms with van der Waals surface area (Å²) < 4.78 is 1.92. The Hall–Kier alpha value is -0.790. The van der Waals surface area contributed by atoms with Gasteiger partial charge in [-0.15, -0.1) is 24.0 Å². The van der Waals surface area contributed by atoms with Crippen LogP contribution in [0.25, 0.3) is 0 Å². The normalized spacial score (nSPS) is 23.0. The van der Waals surface area contributed by atoms with Crippen molar-refractivity contribution in [1.29, 1.82) is 0 Å². The highest BCUT2D eigenvalue weighted by Crippen LogP contribution is 2.23. The molecule has 1 aromatic rings. The summed E-state index contributed by atoms with van der Waals surface area (Å²) in [5.74, 6) is 1.79. The summed E-state index contributed by atoms with van der Waals surface area (Å²) in [4.78, 5) is 4.28. The van der Waals surface area contributed by atoms with Gasteiger partial charge in [0.15, 0.2) is 5.96 Å². The molecule has 2 N–H and O–H groups in total. The fourth-order valence-electron chi connectivity index (χ4n) is 2.51. The Morgan fingerprint density at radius 1 is 1.35 bits per heavy atom. The average molecular weight is 391 g/mol. The number of nitrogens with one attached hydrogen (secondary N) is 2. The first-order valence-corrected chi connectivity index (χ1v) is 7.22. The van der Waals surface area contributed by atoms with E-state index in [4.69, 9.17) is 0 Å². The van der Waals surface area contributed by atoms with Crippen LogP contribution in [0.5, 0.6) is 0 Å². The number of rotatable bonds is 4. The van der Waals surface area contributed by atoms with Crippen LogP contribution in [0.3, 0.4) is 0 Å². The highest BCUT2D eigenvalue weighted by Gasteiger charge is 2.18. The zero-order valence-corrected chi connectivity index (χ0v) is 14.7. The molecular weight excluding hydrogens is 365 g/mol. The molecular formula is C14H26IN5. The highest BCUT2D eigenvalue weighted by atomic mass is 127. The molecule has 0 spiro atoms. The maximum atomic E-state index is 4.28. The molecule has 0 atom stereocenters. The van der Waals surface area contributed by atoms with Crippen molar-refractivity contribution < 1.29 is 0 Å². The molecule has 0 aliphatic heterocycles. The van der Waals surface area contributed by atoms with Gasteiger partial charge in [0.1, 0.15) is 0 Å². The Balaban J connectivity index is 0.00000200. The van der Waals surface area contributed by atoms with Gasteiger partial charge in [-0.25, -0.2) is 0 Å². The van der Waals surface area contributed by atoms with Crippen molar-refractivity contribution in [2.75, 3.05) is 13.6 Å². The molecule has 1 fully saturated rings. The minimum atomic E-state index is 0. The quantitative estimate of drug-likeness (QED) is 0.470. The van der Waals surface area contributed by atoms with Crippen LogP contribution in [0.1, 0.15) is 32.6 Å². The van der Waals surface area contributed by atoms with Crippen molar-refractivity contribution in [2.24, 2.45) is 10.9 Å². The van der Waals surface area contributed by atoms with Crippen molar-refractivity contribution in [2.45, 2.75) is 45.2 Å². The third-order valence-electron chi connectivity index (χ3n) is 3.77. The van der Waals surface area contributed by atoms with Gasteiger partial charge in [0, 0.05) is 32.0 Å². The Morgan fingerprint density at radius 3 is 2.70 bits per heavy atom. The van der Waals surface area contributed by atoms with E-state index in [9.17, 15) is 0 Å². The van der Waals surface area contributed by atoms with Gasteiger partial charge < -0.3 is 10.6 Å². The van der Waals surface area contributed by atoms with Gasteiger partial charge in [-0.2, -0.15) is 5.10 Å². The van der Waals surface area contributed by atoms with Crippen LogP contribution < -0.4 is 10.6 Å². The van der Waals surface area contributed by atoms with Gasteiger partial charge in [0.25, 0.3) is 0 Å². The summed E-state index contributed by atoms with van der Waals surface area (Å²) in [7, 11) is 1.83. The van der Waals surface area contributed by atoms with E-state index in [2.05, 4.69) is 27.6 Å². The van der Waals surface area contributed by atoms with Crippen LogP contribution in [0, 0.1) is 5.92 Å². The van der Waals surface area contributed by atoms with E-state index >= 15 is 0 Å². The molecule has 20 heavy (non-hydrogen) atoms. The van der Waals surface area contributed by atoms with Crippen LogP contribution in [-0.4, -0.2) is 35.4 Å². The zero-order valence-electron chi connectivity index (χ0n) is 12.4. The van der Waals surface area contributed by atoms with E-state index < -0.39 is 0 Å².